The Bertz CT molecular complexity index is 521. The first-order valence-corrected chi connectivity index (χ1v) is 12.3. The zero-order valence-corrected chi connectivity index (χ0v) is 17.4. The standard InChI is InChI=1S/C8H17O4P.C4H10O7P2/c1-4-10-7-8-13(9,11-5-2)12-6-3;1-2-10-3-4-12(5,6)11-13(7,8)9/h4H,1,5-8H2,2-3H3;2H,1,3-4H2,(H,5,6)(H2,7,8,9)/p-2. The summed E-state index contributed by atoms with van der Waals surface area (Å²) in [5, 5.41) is 0. The van der Waals surface area contributed by atoms with E-state index in [0.29, 0.717) is 19.8 Å². The molecule has 0 heterocycles. The van der Waals surface area contributed by atoms with Crippen LogP contribution >= 0.6 is 23.0 Å². The molecule has 156 valence electrons. The van der Waals surface area contributed by atoms with Crippen molar-refractivity contribution in [1.29, 1.82) is 0 Å². The van der Waals surface area contributed by atoms with E-state index in [-0.39, 0.29) is 12.8 Å². The maximum Gasteiger partial charge on any atom is 0.334 e. The first kappa shape index (κ1) is 27.7. The highest BCUT2D eigenvalue weighted by Gasteiger charge is 2.22. The maximum absolute atomic E-state index is 11.7. The molecule has 0 aliphatic carbocycles. The molecule has 0 fully saturated rings. The molecule has 0 saturated heterocycles. The Morgan fingerprint density at radius 2 is 1.35 bits per heavy atom. The van der Waals surface area contributed by atoms with E-state index in [1.165, 1.54) is 6.26 Å². The fraction of sp³-hybridized carbons (Fsp3) is 0.667. The average molecular weight is 438 g/mol. The second kappa shape index (κ2) is 14.6. The number of ether oxygens (including phenoxy) is 2. The van der Waals surface area contributed by atoms with Crippen LogP contribution in [0.4, 0.5) is 0 Å². The summed E-state index contributed by atoms with van der Waals surface area (Å²) in [6, 6.07) is 0. The summed E-state index contributed by atoms with van der Waals surface area (Å²) in [5.74, 6) is 0. The molecule has 0 spiro atoms. The molecule has 2 unspecified atom stereocenters. The molecule has 2 atom stereocenters. The quantitative estimate of drug-likeness (QED) is 0.238. The van der Waals surface area contributed by atoms with Crippen LogP contribution in [0, 0.1) is 0 Å². The van der Waals surface area contributed by atoms with Gasteiger partial charge in [0, 0.05) is 6.16 Å². The Morgan fingerprint density at radius 3 is 1.69 bits per heavy atom. The highest BCUT2D eigenvalue weighted by molar-refractivity contribution is 7.62. The summed E-state index contributed by atoms with van der Waals surface area (Å²) in [4.78, 5) is 28.7. The summed E-state index contributed by atoms with van der Waals surface area (Å²) in [6.07, 6.45) is 1.91. The van der Waals surface area contributed by atoms with Gasteiger partial charge in [-0.05, 0) is 13.8 Å². The van der Waals surface area contributed by atoms with Gasteiger partial charge in [-0.15, -0.1) is 0 Å². The molecule has 14 heteroatoms. The second-order valence-corrected chi connectivity index (χ2v) is 9.57. The molecular formula is C12H25O11P3-2. The van der Waals surface area contributed by atoms with E-state index in [0.717, 1.165) is 6.26 Å². The van der Waals surface area contributed by atoms with E-state index in [1.807, 2.05) is 0 Å². The van der Waals surface area contributed by atoms with Crippen molar-refractivity contribution in [3.8, 4) is 0 Å². The third kappa shape index (κ3) is 18.3. The fourth-order valence-electron chi connectivity index (χ4n) is 1.25. The Morgan fingerprint density at radius 1 is 0.923 bits per heavy atom. The molecule has 0 aromatic heterocycles. The summed E-state index contributed by atoms with van der Waals surface area (Å²) in [5.41, 5.74) is 0. The average Bonchev–Trinajstić information content (AvgIpc) is 2.46. The van der Waals surface area contributed by atoms with E-state index in [4.69, 9.17) is 18.7 Å². The minimum atomic E-state index is -5.24. The molecule has 0 rings (SSSR count). The van der Waals surface area contributed by atoms with E-state index in [2.05, 4.69) is 22.2 Å². The van der Waals surface area contributed by atoms with E-state index in [1.54, 1.807) is 13.8 Å². The Kier molecular flexibility index (Phi) is 15.5. The third-order valence-corrected chi connectivity index (χ3v) is 6.67. The van der Waals surface area contributed by atoms with Crippen LogP contribution in [0.5, 0.6) is 0 Å². The molecule has 0 saturated carbocycles. The van der Waals surface area contributed by atoms with Gasteiger partial charge in [0.2, 0.25) is 0 Å². The summed E-state index contributed by atoms with van der Waals surface area (Å²) in [7, 11) is -12.8. The van der Waals surface area contributed by atoms with Gasteiger partial charge in [0.25, 0.3) is 7.82 Å². The van der Waals surface area contributed by atoms with Crippen LogP contribution in [-0.2, 0) is 36.5 Å². The lowest BCUT2D eigenvalue weighted by Gasteiger charge is -2.27. The van der Waals surface area contributed by atoms with Crippen molar-refractivity contribution >= 4 is 23.0 Å². The number of rotatable bonds is 14. The SMILES string of the molecule is C=COCCP(=O)(OCC)OCC.C=COCCP(=O)([O-])OP(=O)([O-])O. The number of phosphoric acid groups is 1. The predicted octanol–water partition coefficient (Wildman–Crippen LogP) is 1.59. The van der Waals surface area contributed by atoms with Gasteiger partial charge >= 0.3 is 7.60 Å². The van der Waals surface area contributed by atoms with Gasteiger partial charge < -0.3 is 37.8 Å². The highest BCUT2D eigenvalue weighted by atomic mass is 31.3. The molecule has 0 aromatic carbocycles. The first-order chi connectivity index (χ1) is 11.9. The van der Waals surface area contributed by atoms with Gasteiger partial charge in [-0.2, -0.15) is 0 Å². The molecule has 0 aromatic rings. The summed E-state index contributed by atoms with van der Waals surface area (Å²) < 4.78 is 55.2. The van der Waals surface area contributed by atoms with E-state index < -0.39 is 29.2 Å². The Labute approximate surface area is 153 Å². The fourth-order valence-corrected chi connectivity index (χ4v) is 4.62. The molecule has 0 aliphatic rings. The van der Waals surface area contributed by atoms with Gasteiger partial charge in [0.05, 0.1) is 45.1 Å². The number of hydrogen-bond acceptors (Lipinski definition) is 10. The minimum absolute atomic E-state index is 0.265. The zero-order valence-electron chi connectivity index (χ0n) is 14.7. The Hall–Kier alpha value is -0.470. The topological polar surface area (TPSA) is 164 Å². The third-order valence-electron chi connectivity index (χ3n) is 2.08. The molecule has 0 radical (unpaired) electrons. The first-order valence-electron chi connectivity index (χ1n) is 7.33. The van der Waals surface area contributed by atoms with Crippen LogP contribution in [0.25, 0.3) is 0 Å². The molecule has 26 heavy (non-hydrogen) atoms. The van der Waals surface area contributed by atoms with Crippen LogP contribution in [0.15, 0.2) is 25.7 Å². The van der Waals surface area contributed by atoms with Crippen molar-refractivity contribution in [3.63, 3.8) is 0 Å². The zero-order chi connectivity index (χ0) is 20.7. The Balaban J connectivity index is 0. The van der Waals surface area contributed by atoms with Crippen molar-refractivity contribution in [2.75, 3.05) is 38.8 Å². The van der Waals surface area contributed by atoms with Gasteiger partial charge in [0.15, 0.2) is 0 Å². The molecular weight excluding hydrogens is 413 g/mol. The van der Waals surface area contributed by atoms with Crippen molar-refractivity contribution in [1.82, 2.24) is 0 Å². The van der Waals surface area contributed by atoms with Crippen LogP contribution in [0.1, 0.15) is 13.8 Å². The van der Waals surface area contributed by atoms with Gasteiger partial charge in [-0.1, -0.05) is 13.2 Å². The lowest BCUT2D eigenvalue weighted by atomic mass is 10.8. The maximum atomic E-state index is 11.7. The molecule has 0 bridgehead atoms. The van der Waals surface area contributed by atoms with Gasteiger partial charge in [-0.25, -0.2) is 0 Å². The second-order valence-electron chi connectivity index (χ2n) is 4.13. The monoisotopic (exact) mass is 438 g/mol. The van der Waals surface area contributed by atoms with E-state index >= 15 is 0 Å². The predicted molar refractivity (Wildman–Crippen MR) is 91.4 cm³/mol. The number of hydrogen-bond donors (Lipinski definition) is 1. The lowest BCUT2D eigenvalue weighted by Crippen LogP contribution is -2.13. The molecule has 0 amide bonds. The van der Waals surface area contributed by atoms with Crippen LogP contribution in [-0.4, -0.2) is 43.6 Å². The van der Waals surface area contributed by atoms with Crippen molar-refractivity contribution in [2.45, 2.75) is 13.8 Å². The largest absolute Gasteiger partial charge is 0.778 e. The summed E-state index contributed by atoms with van der Waals surface area (Å²) >= 11 is 0. The molecule has 1 N–H and O–H groups in total. The summed E-state index contributed by atoms with van der Waals surface area (Å²) in [6.45, 7) is 10.8. The van der Waals surface area contributed by atoms with Gasteiger partial charge in [-0.3, -0.25) is 13.4 Å². The van der Waals surface area contributed by atoms with Crippen molar-refractivity contribution < 1.29 is 51.2 Å². The van der Waals surface area contributed by atoms with Gasteiger partial charge in [0.1, 0.15) is 7.60 Å². The molecule has 11 nitrogen and oxygen atoms in total. The van der Waals surface area contributed by atoms with Crippen LogP contribution in [0.2, 0.25) is 0 Å². The van der Waals surface area contributed by atoms with Crippen LogP contribution in [0.3, 0.4) is 0 Å². The minimum Gasteiger partial charge on any atom is -0.778 e. The normalized spacial score (nSPS) is 15.6. The van der Waals surface area contributed by atoms with E-state index in [9.17, 15) is 23.5 Å². The van der Waals surface area contributed by atoms with Crippen molar-refractivity contribution in [3.05, 3.63) is 25.7 Å². The highest BCUT2D eigenvalue weighted by Crippen LogP contribution is 2.51. The van der Waals surface area contributed by atoms with Crippen LogP contribution < -0.4 is 9.79 Å². The lowest BCUT2D eigenvalue weighted by molar-refractivity contribution is -0.227. The molecule has 0 aliphatic heterocycles. The smallest absolute Gasteiger partial charge is 0.334 e. The van der Waals surface area contributed by atoms with Crippen molar-refractivity contribution in [2.24, 2.45) is 0 Å².